The van der Waals surface area contributed by atoms with Crippen molar-refractivity contribution in [2.24, 2.45) is 34.5 Å². The van der Waals surface area contributed by atoms with E-state index in [1.807, 2.05) is 13.8 Å². The topological polar surface area (TPSA) is 46.5 Å². The summed E-state index contributed by atoms with van der Waals surface area (Å²) in [6.45, 7) is 6.10. The molecular weight excluding hydrogens is 300 g/mol. The van der Waals surface area contributed by atoms with Crippen LogP contribution in [0.4, 0.5) is 0 Å². The van der Waals surface area contributed by atoms with Crippen molar-refractivity contribution >= 4 is 5.97 Å². The highest BCUT2D eigenvalue weighted by Gasteiger charge is 2.71. The molecule has 3 heteroatoms. The van der Waals surface area contributed by atoms with E-state index >= 15 is 0 Å². The zero-order valence-electron chi connectivity index (χ0n) is 15.4. The third kappa shape index (κ3) is 1.86. The number of ether oxygens (including phenoxy) is 1. The summed E-state index contributed by atoms with van der Waals surface area (Å²) in [5.41, 5.74) is -0.556. The van der Waals surface area contributed by atoms with Crippen molar-refractivity contribution in [1.82, 2.24) is 0 Å². The monoisotopic (exact) mass is 332 g/mol. The van der Waals surface area contributed by atoms with Crippen LogP contribution in [0.5, 0.6) is 0 Å². The first kappa shape index (κ1) is 15.7. The van der Waals surface area contributed by atoms with Gasteiger partial charge >= 0.3 is 5.97 Å². The Hall–Kier alpha value is -0.570. The van der Waals surface area contributed by atoms with Crippen LogP contribution in [-0.2, 0) is 9.53 Å². The largest absolute Gasteiger partial charge is 0.459 e. The van der Waals surface area contributed by atoms with Crippen molar-refractivity contribution in [3.8, 4) is 0 Å². The fourth-order valence-electron chi connectivity index (χ4n) is 7.73. The molecule has 0 aliphatic heterocycles. The predicted octanol–water partition coefficient (Wildman–Crippen LogP) is 4.08. The van der Waals surface area contributed by atoms with E-state index in [-0.39, 0.29) is 22.6 Å². The van der Waals surface area contributed by atoms with Crippen LogP contribution < -0.4 is 0 Å². The highest BCUT2D eigenvalue weighted by atomic mass is 16.6. The third-order valence-corrected chi connectivity index (χ3v) is 9.09. The molecule has 6 rings (SSSR count). The lowest BCUT2D eigenvalue weighted by Crippen LogP contribution is -2.70. The second-order valence-corrected chi connectivity index (χ2v) is 10.8. The highest BCUT2D eigenvalue weighted by molar-refractivity contribution is 5.76. The first-order chi connectivity index (χ1) is 11.2. The number of carbonyl (C=O) groups is 1. The van der Waals surface area contributed by atoms with Gasteiger partial charge in [-0.2, -0.15) is 0 Å². The van der Waals surface area contributed by atoms with Crippen LogP contribution in [0.2, 0.25) is 0 Å². The van der Waals surface area contributed by atoms with Crippen molar-refractivity contribution in [3.63, 3.8) is 0 Å². The third-order valence-electron chi connectivity index (χ3n) is 9.09. The lowest BCUT2D eigenvalue weighted by atomic mass is 9.33. The Morgan fingerprint density at radius 1 is 1.12 bits per heavy atom. The number of carbonyl (C=O) groups excluding carboxylic acids is 1. The molecule has 1 spiro atoms. The number of hydrogen-bond donors (Lipinski definition) is 1. The van der Waals surface area contributed by atoms with Gasteiger partial charge < -0.3 is 9.84 Å². The van der Waals surface area contributed by atoms with Gasteiger partial charge in [0.05, 0.1) is 11.0 Å². The Balaban J connectivity index is 1.47. The van der Waals surface area contributed by atoms with E-state index in [0.29, 0.717) is 29.1 Å². The molecule has 1 N–H and O–H groups in total. The number of hydrogen-bond acceptors (Lipinski definition) is 3. The number of esters is 1. The van der Waals surface area contributed by atoms with E-state index in [1.165, 1.54) is 12.8 Å². The summed E-state index contributed by atoms with van der Waals surface area (Å²) in [5.74, 6) is 2.77. The summed E-state index contributed by atoms with van der Waals surface area (Å²) >= 11 is 0. The molecule has 0 aromatic carbocycles. The van der Waals surface area contributed by atoms with Crippen LogP contribution >= 0.6 is 0 Å². The SMILES string of the molecule is CCC(C)(C)C(=O)OC12CCC34CC5CC(O)(CC(C5C1)C3C2)C4. The maximum absolute atomic E-state index is 12.8. The van der Waals surface area contributed by atoms with Crippen molar-refractivity contribution < 1.29 is 14.6 Å². The maximum Gasteiger partial charge on any atom is 0.312 e. The summed E-state index contributed by atoms with van der Waals surface area (Å²) in [7, 11) is 0. The van der Waals surface area contributed by atoms with Crippen LogP contribution in [0.15, 0.2) is 0 Å². The molecule has 7 unspecified atom stereocenters. The van der Waals surface area contributed by atoms with E-state index in [4.69, 9.17) is 4.74 Å². The second kappa shape index (κ2) is 4.39. The number of rotatable bonds is 3. The van der Waals surface area contributed by atoms with Gasteiger partial charge in [-0.15, -0.1) is 0 Å². The predicted molar refractivity (Wildman–Crippen MR) is 91.2 cm³/mol. The molecule has 24 heavy (non-hydrogen) atoms. The Morgan fingerprint density at radius 2 is 1.92 bits per heavy atom. The Bertz CT molecular complexity index is 594. The first-order valence-corrected chi connectivity index (χ1v) is 10.2. The van der Waals surface area contributed by atoms with Crippen LogP contribution in [-0.4, -0.2) is 22.3 Å². The normalized spacial score (nSPS) is 54.2. The van der Waals surface area contributed by atoms with E-state index < -0.39 is 0 Å². The molecule has 0 amide bonds. The maximum atomic E-state index is 12.8. The Morgan fingerprint density at radius 3 is 2.67 bits per heavy atom. The van der Waals surface area contributed by atoms with Crippen LogP contribution in [0.25, 0.3) is 0 Å². The first-order valence-electron chi connectivity index (χ1n) is 10.2. The quantitative estimate of drug-likeness (QED) is 0.792. The van der Waals surface area contributed by atoms with Crippen LogP contribution in [0.1, 0.15) is 78.6 Å². The minimum Gasteiger partial charge on any atom is -0.459 e. The lowest BCUT2D eigenvalue weighted by molar-refractivity contribution is -0.289. The molecule has 134 valence electrons. The van der Waals surface area contributed by atoms with E-state index in [9.17, 15) is 9.90 Å². The molecule has 7 bridgehead atoms. The van der Waals surface area contributed by atoms with Crippen molar-refractivity contribution in [2.75, 3.05) is 0 Å². The van der Waals surface area contributed by atoms with Gasteiger partial charge in [0.25, 0.3) is 0 Å². The van der Waals surface area contributed by atoms with Crippen LogP contribution in [0.3, 0.4) is 0 Å². The fourth-order valence-corrected chi connectivity index (χ4v) is 7.73. The van der Waals surface area contributed by atoms with Crippen molar-refractivity contribution in [2.45, 2.75) is 89.8 Å². The van der Waals surface area contributed by atoms with E-state index in [0.717, 1.165) is 44.9 Å². The van der Waals surface area contributed by atoms with E-state index in [1.54, 1.807) is 0 Å². The second-order valence-electron chi connectivity index (χ2n) is 10.8. The summed E-state index contributed by atoms with van der Waals surface area (Å²) in [4.78, 5) is 12.8. The van der Waals surface area contributed by atoms with Gasteiger partial charge in [0.1, 0.15) is 5.60 Å². The molecule has 6 aliphatic carbocycles. The van der Waals surface area contributed by atoms with Crippen molar-refractivity contribution in [1.29, 1.82) is 0 Å². The minimum atomic E-state index is -0.372. The molecule has 7 atom stereocenters. The molecule has 6 saturated carbocycles. The standard InChI is InChI=1S/C21H32O3/c1-4-18(2,3)17(22)24-21-6-5-19-7-13-8-20(23,12-19)9-15(14(13)10-21)16(19)11-21/h13-16,23H,4-12H2,1-3H3. The van der Waals surface area contributed by atoms with Gasteiger partial charge in [-0.1, -0.05) is 6.92 Å². The molecule has 0 aromatic heterocycles. The summed E-state index contributed by atoms with van der Waals surface area (Å²) < 4.78 is 6.31. The smallest absolute Gasteiger partial charge is 0.312 e. The van der Waals surface area contributed by atoms with Gasteiger partial charge in [-0.25, -0.2) is 0 Å². The van der Waals surface area contributed by atoms with Crippen LogP contribution in [0, 0.1) is 34.5 Å². The van der Waals surface area contributed by atoms with Crippen molar-refractivity contribution in [3.05, 3.63) is 0 Å². The number of fused-ring (bicyclic) bond motifs is 1. The zero-order valence-corrected chi connectivity index (χ0v) is 15.4. The molecule has 0 radical (unpaired) electrons. The molecule has 0 heterocycles. The Kier molecular flexibility index (Phi) is 2.87. The molecule has 0 aromatic rings. The van der Waals surface area contributed by atoms with Gasteiger partial charge in [0.2, 0.25) is 0 Å². The summed E-state index contributed by atoms with van der Waals surface area (Å²) in [6, 6.07) is 0. The van der Waals surface area contributed by atoms with Gasteiger partial charge in [-0.3, -0.25) is 4.79 Å². The molecule has 3 nitrogen and oxygen atoms in total. The minimum absolute atomic E-state index is 0.0104. The number of aliphatic hydroxyl groups is 1. The fraction of sp³-hybridized carbons (Fsp3) is 0.952. The van der Waals surface area contributed by atoms with E-state index in [2.05, 4.69) is 6.92 Å². The molecule has 6 aliphatic rings. The van der Waals surface area contributed by atoms with Gasteiger partial charge in [-0.05, 0) is 101 Å². The van der Waals surface area contributed by atoms with Gasteiger partial charge in [0.15, 0.2) is 0 Å². The molecular formula is C21H32O3. The summed E-state index contributed by atoms with van der Waals surface area (Å²) in [6.07, 6.45) is 9.55. The highest BCUT2D eigenvalue weighted by Crippen LogP contribution is 2.75. The van der Waals surface area contributed by atoms with Gasteiger partial charge in [0, 0.05) is 0 Å². The zero-order chi connectivity index (χ0) is 17.0. The Labute approximate surface area is 145 Å². The average molecular weight is 332 g/mol. The molecule has 0 saturated heterocycles. The molecule has 6 fully saturated rings. The lowest BCUT2D eigenvalue weighted by Gasteiger charge is -2.73. The summed E-state index contributed by atoms with van der Waals surface area (Å²) in [5, 5.41) is 11.0. The average Bonchev–Trinajstić information content (AvgIpc) is 2.51.